The lowest BCUT2D eigenvalue weighted by Crippen LogP contribution is -2.42. The molecule has 0 saturated carbocycles. The Hall–Kier alpha value is -3.01. The van der Waals surface area contributed by atoms with Gasteiger partial charge in [-0.25, -0.2) is 28.2 Å². The van der Waals surface area contributed by atoms with Gasteiger partial charge < -0.3 is 14.2 Å². The number of hydrogen-bond acceptors (Lipinski definition) is 8. The largest absolute Gasteiger partial charge is 0.462 e. The Bertz CT molecular complexity index is 1300. The van der Waals surface area contributed by atoms with Crippen LogP contribution in [0.25, 0.3) is 11.0 Å². The van der Waals surface area contributed by atoms with Gasteiger partial charge in [-0.3, -0.25) is 0 Å². The van der Waals surface area contributed by atoms with Crippen LogP contribution in [-0.2, 0) is 21.1 Å². The fraction of sp³-hybridized carbons (Fsp3) is 0.455. The minimum atomic E-state index is -3.31. The summed E-state index contributed by atoms with van der Waals surface area (Å²) in [5, 5.41) is 0. The molecule has 1 aromatic carbocycles. The molecule has 0 N–H and O–H groups in total. The second-order valence-electron chi connectivity index (χ2n) is 8.32. The summed E-state index contributed by atoms with van der Waals surface area (Å²) in [7, 11) is -3.31. The third-order valence-corrected chi connectivity index (χ3v) is 6.80. The Morgan fingerprint density at radius 1 is 1.25 bits per heavy atom. The normalized spacial score (nSPS) is 16.4. The van der Waals surface area contributed by atoms with Crippen molar-refractivity contribution in [2.24, 2.45) is 5.92 Å². The van der Waals surface area contributed by atoms with Crippen LogP contribution in [0.1, 0.15) is 48.7 Å². The average molecular weight is 458 g/mol. The number of esters is 1. The van der Waals surface area contributed by atoms with Gasteiger partial charge in [0.1, 0.15) is 5.82 Å². The summed E-state index contributed by atoms with van der Waals surface area (Å²) in [5.74, 6) is 1.14. The van der Waals surface area contributed by atoms with Crippen molar-refractivity contribution in [3.63, 3.8) is 0 Å². The fourth-order valence-electron chi connectivity index (χ4n) is 4.18. The molecule has 3 heterocycles. The van der Waals surface area contributed by atoms with Crippen molar-refractivity contribution >= 4 is 32.8 Å². The standard InChI is InChI=1S/C22H27N5O4S/c1-6-31-21(28)16-12-23-22(24-14(16)4)27-10-9-26-18-11-15(32(5,29)30)7-8-17(18)25-20(26)19(27)13(2)3/h7-8,11-13,19H,6,9-10H2,1-5H3. The van der Waals surface area contributed by atoms with E-state index in [-0.39, 0.29) is 16.9 Å². The van der Waals surface area contributed by atoms with E-state index in [4.69, 9.17) is 9.72 Å². The van der Waals surface area contributed by atoms with Crippen molar-refractivity contribution < 1.29 is 17.9 Å². The molecule has 3 aromatic rings. The number of aromatic nitrogens is 4. The van der Waals surface area contributed by atoms with Crippen LogP contribution in [0, 0.1) is 12.8 Å². The summed E-state index contributed by atoms with van der Waals surface area (Å²) < 4.78 is 31.2. The predicted molar refractivity (Wildman–Crippen MR) is 120 cm³/mol. The van der Waals surface area contributed by atoms with Crippen molar-refractivity contribution in [3.8, 4) is 0 Å². The van der Waals surface area contributed by atoms with E-state index in [0.29, 0.717) is 36.9 Å². The summed E-state index contributed by atoms with van der Waals surface area (Å²) in [5.41, 5.74) is 2.49. The highest BCUT2D eigenvalue weighted by molar-refractivity contribution is 7.90. The van der Waals surface area contributed by atoms with E-state index in [1.165, 1.54) is 12.5 Å². The number of imidazole rings is 1. The van der Waals surface area contributed by atoms with Gasteiger partial charge in [-0.05, 0) is 38.0 Å². The van der Waals surface area contributed by atoms with Gasteiger partial charge >= 0.3 is 5.97 Å². The van der Waals surface area contributed by atoms with Crippen molar-refractivity contribution in [2.75, 3.05) is 24.3 Å². The maximum Gasteiger partial charge on any atom is 0.341 e. The Kier molecular flexibility index (Phi) is 5.66. The third-order valence-electron chi connectivity index (χ3n) is 5.69. The van der Waals surface area contributed by atoms with Gasteiger partial charge in [0.25, 0.3) is 0 Å². The maximum absolute atomic E-state index is 12.1. The topological polar surface area (TPSA) is 107 Å². The molecule has 0 amide bonds. The summed E-state index contributed by atoms with van der Waals surface area (Å²) in [6.07, 6.45) is 2.73. The Morgan fingerprint density at radius 3 is 2.62 bits per heavy atom. The van der Waals surface area contributed by atoms with Crippen LogP contribution in [-0.4, -0.2) is 53.3 Å². The first-order valence-electron chi connectivity index (χ1n) is 10.6. The second-order valence-corrected chi connectivity index (χ2v) is 10.3. The minimum Gasteiger partial charge on any atom is -0.462 e. The number of sulfone groups is 1. The molecule has 2 aromatic heterocycles. The smallest absolute Gasteiger partial charge is 0.341 e. The summed E-state index contributed by atoms with van der Waals surface area (Å²) in [6, 6.07) is 4.95. The van der Waals surface area contributed by atoms with E-state index in [1.807, 2.05) is 0 Å². The molecule has 32 heavy (non-hydrogen) atoms. The highest BCUT2D eigenvalue weighted by Crippen LogP contribution is 2.36. The Morgan fingerprint density at radius 2 is 2.00 bits per heavy atom. The quantitative estimate of drug-likeness (QED) is 0.538. The first-order valence-corrected chi connectivity index (χ1v) is 12.5. The Labute approximate surface area is 187 Å². The number of anilines is 1. The predicted octanol–water partition coefficient (Wildman–Crippen LogP) is 2.93. The fourth-order valence-corrected chi connectivity index (χ4v) is 4.82. The van der Waals surface area contributed by atoms with E-state index in [2.05, 4.69) is 33.3 Å². The number of hydrogen-bond donors (Lipinski definition) is 0. The molecule has 0 aliphatic carbocycles. The molecule has 1 unspecified atom stereocenters. The number of ether oxygens (including phenoxy) is 1. The summed E-state index contributed by atoms with van der Waals surface area (Å²) in [4.78, 5) is 28.4. The molecule has 0 spiro atoms. The third kappa shape index (κ3) is 3.83. The number of nitrogens with zero attached hydrogens (tertiary/aromatic N) is 5. The molecule has 170 valence electrons. The summed E-state index contributed by atoms with van der Waals surface area (Å²) in [6.45, 7) is 9.27. The van der Waals surface area contributed by atoms with Crippen LogP contribution in [0.3, 0.4) is 0 Å². The molecule has 0 fully saturated rings. The molecular formula is C22H27N5O4S. The van der Waals surface area contributed by atoms with Crippen LogP contribution in [0.15, 0.2) is 29.3 Å². The van der Waals surface area contributed by atoms with Gasteiger partial charge in [0.2, 0.25) is 5.95 Å². The first kappa shape index (κ1) is 22.2. The van der Waals surface area contributed by atoms with Crippen LogP contribution < -0.4 is 4.90 Å². The molecule has 4 rings (SSSR count). The van der Waals surface area contributed by atoms with Crippen molar-refractivity contribution in [3.05, 3.63) is 41.5 Å². The minimum absolute atomic E-state index is 0.106. The average Bonchev–Trinajstić information content (AvgIpc) is 3.10. The number of carbonyl (C=O) groups is 1. The molecule has 1 aliphatic heterocycles. The van der Waals surface area contributed by atoms with Gasteiger partial charge in [0, 0.05) is 25.5 Å². The molecule has 0 bridgehead atoms. The van der Waals surface area contributed by atoms with Gasteiger partial charge in [-0.2, -0.15) is 0 Å². The number of fused-ring (bicyclic) bond motifs is 3. The second kappa shape index (κ2) is 8.16. The summed E-state index contributed by atoms with van der Waals surface area (Å²) >= 11 is 0. The lowest BCUT2D eigenvalue weighted by atomic mass is 10.00. The molecule has 0 saturated heterocycles. The number of rotatable bonds is 5. The van der Waals surface area contributed by atoms with Crippen LogP contribution in [0.2, 0.25) is 0 Å². The maximum atomic E-state index is 12.1. The van der Waals surface area contributed by atoms with E-state index in [9.17, 15) is 13.2 Å². The van der Waals surface area contributed by atoms with Gasteiger partial charge in [-0.15, -0.1) is 0 Å². The number of aryl methyl sites for hydroxylation is 1. The highest BCUT2D eigenvalue weighted by atomic mass is 32.2. The zero-order valence-electron chi connectivity index (χ0n) is 18.9. The van der Waals surface area contributed by atoms with Crippen LogP contribution >= 0.6 is 0 Å². The zero-order chi connectivity index (χ0) is 23.2. The van der Waals surface area contributed by atoms with E-state index >= 15 is 0 Å². The van der Waals surface area contributed by atoms with Crippen molar-refractivity contribution in [1.29, 1.82) is 0 Å². The molecule has 10 heteroatoms. The molecule has 9 nitrogen and oxygen atoms in total. The van der Waals surface area contributed by atoms with Crippen molar-refractivity contribution in [2.45, 2.75) is 45.2 Å². The van der Waals surface area contributed by atoms with Crippen molar-refractivity contribution in [1.82, 2.24) is 19.5 Å². The molecular weight excluding hydrogens is 430 g/mol. The van der Waals surface area contributed by atoms with E-state index in [1.54, 1.807) is 32.0 Å². The monoisotopic (exact) mass is 457 g/mol. The zero-order valence-corrected chi connectivity index (χ0v) is 19.7. The SMILES string of the molecule is CCOC(=O)c1cnc(N2CCn3c(nc4ccc(S(C)(=O)=O)cc43)C2C(C)C)nc1C. The molecule has 0 radical (unpaired) electrons. The van der Waals surface area contributed by atoms with Crippen LogP contribution in [0.5, 0.6) is 0 Å². The van der Waals surface area contributed by atoms with E-state index < -0.39 is 15.8 Å². The molecule has 1 atom stereocenters. The van der Waals surface area contributed by atoms with Gasteiger partial charge in [-0.1, -0.05) is 13.8 Å². The number of benzene rings is 1. The number of carbonyl (C=O) groups excluding carboxylic acids is 1. The van der Waals surface area contributed by atoms with Gasteiger partial charge in [0.15, 0.2) is 9.84 Å². The first-order chi connectivity index (χ1) is 15.1. The molecule has 1 aliphatic rings. The van der Waals surface area contributed by atoms with E-state index in [0.717, 1.165) is 16.9 Å². The van der Waals surface area contributed by atoms with Crippen LogP contribution in [0.4, 0.5) is 5.95 Å². The lowest BCUT2D eigenvalue weighted by Gasteiger charge is -2.38. The van der Waals surface area contributed by atoms with Gasteiger partial charge in [0.05, 0.1) is 39.8 Å². The highest BCUT2D eigenvalue weighted by Gasteiger charge is 2.35. The lowest BCUT2D eigenvalue weighted by molar-refractivity contribution is 0.0524. The Balaban J connectivity index is 1.77.